The first-order chi connectivity index (χ1) is 9.27. The quantitative estimate of drug-likeness (QED) is 0.580. The van der Waals surface area contributed by atoms with E-state index in [1.165, 1.54) is 7.11 Å². The molecular formula is C16H26O4. The Balaban J connectivity index is 2.56. The second-order valence-electron chi connectivity index (χ2n) is 5.95. The second-order valence-corrected chi connectivity index (χ2v) is 5.95. The van der Waals surface area contributed by atoms with Crippen LogP contribution in [0.3, 0.4) is 0 Å². The Labute approximate surface area is 121 Å². The number of methoxy groups -OCH3 is 1. The lowest BCUT2D eigenvalue weighted by atomic mass is 9.76. The molecule has 0 saturated carbocycles. The third kappa shape index (κ3) is 4.46. The fourth-order valence-electron chi connectivity index (χ4n) is 2.59. The molecule has 0 radical (unpaired) electrons. The van der Waals surface area contributed by atoms with E-state index < -0.39 is 11.7 Å². The van der Waals surface area contributed by atoms with Crippen molar-refractivity contribution in [3.63, 3.8) is 0 Å². The topological polar surface area (TPSA) is 66.8 Å². The number of hydrogen-bond donors (Lipinski definition) is 2. The lowest BCUT2D eigenvalue weighted by Gasteiger charge is -2.35. The molecule has 4 nitrogen and oxygen atoms in total. The fourth-order valence-corrected chi connectivity index (χ4v) is 2.59. The monoisotopic (exact) mass is 282 g/mol. The summed E-state index contributed by atoms with van der Waals surface area (Å²) in [5, 5.41) is 20.3. The summed E-state index contributed by atoms with van der Waals surface area (Å²) in [5.41, 5.74) is 0.577. The Morgan fingerprint density at radius 3 is 2.75 bits per heavy atom. The Bertz CT molecular complexity index is 395. The molecule has 20 heavy (non-hydrogen) atoms. The van der Waals surface area contributed by atoms with Gasteiger partial charge in [-0.2, -0.15) is 0 Å². The van der Waals surface area contributed by atoms with E-state index >= 15 is 0 Å². The van der Waals surface area contributed by atoms with Gasteiger partial charge in [-0.15, -0.1) is 0 Å². The van der Waals surface area contributed by atoms with Crippen LogP contribution in [0.25, 0.3) is 0 Å². The molecule has 2 N–H and O–H groups in total. The van der Waals surface area contributed by atoms with Crippen molar-refractivity contribution in [1.29, 1.82) is 0 Å². The zero-order chi connectivity index (χ0) is 15.3. The summed E-state index contributed by atoms with van der Waals surface area (Å²) in [6.45, 7) is 7.30. The number of esters is 1. The number of aliphatic hydroxyl groups excluding tert-OH is 1. The van der Waals surface area contributed by atoms with E-state index in [2.05, 4.69) is 6.58 Å². The molecule has 0 spiro atoms. The van der Waals surface area contributed by atoms with Crippen molar-refractivity contribution in [3.8, 4) is 0 Å². The summed E-state index contributed by atoms with van der Waals surface area (Å²) in [7, 11) is 1.38. The number of ether oxygens (including phenoxy) is 1. The minimum absolute atomic E-state index is 0.105. The van der Waals surface area contributed by atoms with E-state index in [9.17, 15) is 15.0 Å². The number of rotatable bonds is 6. The molecule has 4 heteroatoms. The van der Waals surface area contributed by atoms with Crippen LogP contribution in [0.4, 0.5) is 0 Å². The molecule has 3 atom stereocenters. The normalized spacial score (nSPS) is 23.4. The smallest absolute Gasteiger partial charge is 0.333 e. The van der Waals surface area contributed by atoms with Gasteiger partial charge >= 0.3 is 5.97 Å². The van der Waals surface area contributed by atoms with Gasteiger partial charge in [0.15, 0.2) is 0 Å². The summed E-state index contributed by atoms with van der Waals surface area (Å²) < 4.78 is 4.70. The highest BCUT2D eigenvalue weighted by Crippen LogP contribution is 2.35. The standard InChI is InChI=1S/C16H26O4/c1-11(2)14(17)9-10-16(3,19)13-7-5-12(6-8-13)15(18)20-4/h5,13-14,17,19H,1,6-10H2,2-4H3/t13-,14+,16-/m0/s1. The molecule has 1 aliphatic rings. The third-order valence-electron chi connectivity index (χ3n) is 4.23. The summed E-state index contributed by atoms with van der Waals surface area (Å²) >= 11 is 0. The molecule has 1 aliphatic carbocycles. The molecule has 0 saturated heterocycles. The van der Waals surface area contributed by atoms with Gasteiger partial charge in [-0.05, 0) is 51.9 Å². The number of allylic oxidation sites excluding steroid dienone is 1. The summed E-state index contributed by atoms with van der Waals surface area (Å²) in [5.74, 6) is -0.172. The minimum atomic E-state index is -0.839. The largest absolute Gasteiger partial charge is 0.466 e. The van der Waals surface area contributed by atoms with Crippen LogP contribution in [0.5, 0.6) is 0 Å². The third-order valence-corrected chi connectivity index (χ3v) is 4.23. The second kappa shape index (κ2) is 7.04. The van der Waals surface area contributed by atoms with E-state index in [4.69, 9.17) is 4.74 Å². The lowest BCUT2D eigenvalue weighted by Crippen LogP contribution is -2.37. The molecule has 0 amide bonds. The van der Waals surface area contributed by atoms with Gasteiger partial charge in [-0.25, -0.2) is 4.79 Å². The van der Waals surface area contributed by atoms with Crippen LogP contribution in [0.1, 0.15) is 46.0 Å². The van der Waals surface area contributed by atoms with E-state index in [1.54, 1.807) is 13.8 Å². The zero-order valence-electron chi connectivity index (χ0n) is 12.7. The molecule has 114 valence electrons. The molecule has 1 rings (SSSR count). The number of carbonyl (C=O) groups is 1. The van der Waals surface area contributed by atoms with Crippen molar-refractivity contribution in [2.45, 2.75) is 57.7 Å². The van der Waals surface area contributed by atoms with Crippen molar-refractivity contribution in [1.82, 2.24) is 0 Å². The first kappa shape index (κ1) is 16.9. The first-order valence-electron chi connectivity index (χ1n) is 7.11. The molecule has 0 aromatic heterocycles. The average molecular weight is 282 g/mol. The Hall–Kier alpha value is -1.13. The van der Waals surface area contributed by atoms with E-state index in [1.807, 2.05) is 6.08 Å². The SMILES string of the molecule is C=C(C)[C@H](O)CC[C@](C)(O)[C@H]1CC=C(C(=O)OC)CC1. The van der Waals surface area contributed by atoms with Crippen LogP contribution in [-0.2, 0) is 9.53 Å². The number of aliphatic hydroxyl groups is 2. The number of carbonyl (C=O) groups excluding carboxylic acids is 1. The fraction of sp³-hybridized carbons (Fsp3) is 0.688. The van der Waals surface area contributed by atoms with E-state index in [-0.39, 0.29) is 11.9 Å². The van der Waals surface area contributed by atoms with E-state index in [0.717, 1.165) is 12.0 Å². The highest BCUT2D eigenvalue weighted by Gasteiger charge is 2.34. The van der Waals surface area contributed by atoms with E-state index in [0.29, 0.717) is 31.3 Å². The minimum Gasteiger partial charge on any atom is -0.466 e. The predicted molar refractivity (Wildman–Crippen MR) is 78.1 cm³/mol. The predicted octanol–water partition coefficient (Wildman–Crippen LogP) is 2.35. The molecule has 0 unspecified atom stereocenters. The zero-order valence-corrected chi connectivity index (χ0v) is 12.7. The van der Waals surface area contributed by atoms with Crippen LogP contribution in [0, 0.1) is 5.92 Å². The van der Waals surface area contributed by atoms with Gasteiger partial charge in [0, 0.05) is 5.57 Å². The molecule has 0 fully saturated rings. The Morgan fingerprint density at radius 1 is 1.65 bits per heavy atom. The highest BCUT2D eigenvalue weighted by molar-refractivity contribution is 5.88. The van der Waals surface area contributed by atoms with Gasteiger partial charge in [-0.1, -0.05) is 18.2 Å². The van der Waals surface area contributed by atoms with Gasteiger partial charge in [0.25, 0.3) is 0 Å². The van der Waals surface area contributed by atoms with Gasteiger partial charge < -0.3 is 14.9 Å². The van der Waals surface area contributed by atoms with Crippen molar-refractivity contribution in [3.05, 3.63) is 23.8 Å². The first-order valence-corrected chi connectivity index (χ1v) is 7.11. The van der Waals surface area contributed by atoms with Crippen LogP contribution in [-0.4, -0.2) is 35.0 Å². The molecule has 0 heterocycles. The summed E-state index contributed by atoms with van der Waals surface area (Å²) in [6, 6.07) is 0. The number of hydrogen-bond acceptors (Lipinski definition) is 4. The Morgan fingerprint density at radius 2 is 2.30 bits per heavy atom. The maximum Gasteiger partial charge on any atom is 0.333 e. The highest BCUT2D eigenvalue weighted by atomic mass is 16.5. The van der Waals surface area contributed by atoms with Crippen molar-refractivity contribution in [2.24, 2.45) is 5.92 Å². The maximum absolute atomic E-state index is 11.4. The molecule has 0 aliphatic heterocycles. The van der Waals surface area contributed by atoms with Gasteiger partial charge in [0.1, 0.15) is 0 Å². The van der Waals surface area contributed by atoms with Crippen LogP contribution in [0.2, 0.25) is 0 Å². The summed E-state index contributed by atoms with van der Waals surface area (Å²) in [6.07, 6.45) is 4.39. The van der Waals surface area contributed by atoms with Crippen molar-refractivity contribution >= 4 is 5.97 Å². The summed E-state index contributed by atoms with van der Waals surface area (Å²) in [4.78, 5) is 11.4. The molecule has 0 bridgehead atoms. The van der Waals surface area contributed by atoms with Crippen LogP contribution >= 0.6 is 0 Å². The molecular weight excluding hydrogens is 256 g/mol. The maximum atomic E-state index is 11.4. The van der Waals surface area contributed by atoms with Gasteiger partial charge in [-0.3, -0.25) is 0 Å². The van der Waals surface area contributed by atoms with Crippen molar-refractivity contribution in [2.75, 3.05) is 7.11 Å². The van der Waals surface area contributed by atoms with Gasteiger partial charge in [0.2, 0.25) is 0 Å². The van der Waals surface area contributed by atoms with Gasteiger partial charge in [0.05, 0.1) is 18.8 Å². The van der Waals surface area contributed by atoms with Crippen LogP contribution < -0.4 is 0 Å². The Kier molecular flexibility index (Phi) is 5.96. The van der Waals surface area contributed by atoms with Crippen molar-refractivity contribution < 1.29 is 19.7 Å². The molecule has 0 aromatic rings. The van der Waals surface area contributed by atoms with Crippen LogP contribution in [0.15, 0.2) is 23.8 Å². The lowest BCUT2D eigenvalue weighted by molar-refractivity contribution is -0.136. The molecule has 0 aromatic carbocycles. The average Bonchev–Trinajstić information content (AvgIpc) is 2.44.